The molecule has 1 aliphatic carbocycles. The second kappa shape index (κ2) is 13.2. The zero-order valence-electron chi connectivity index (χ0n) is 17.5. The van der Waals surface area contributed by atoms with Gasteiger partial charge in [-0.1, -0.05) is 0 Å². The van der Waals surface area contributed by atoms with Gasteiger partial charge in [0.1, 0.15) is 10.8 Å². The van der Waals surface area contributed by atoms with E-state index in [9.17, 15) is 0 Å². The number of furan rings is 1. The lowest BCUT2D eigenvalue weighted by atomic mass is 10.0. The first-order chi connectivity index (χ1) is 13.8. The average Bonchev–Trinajstić information content (AvgIpc) is 3.35. The molecule has 2 heterocycles. The van der Waals surface area contributed by atoms with Crippen LogP contribution in [-0.2, 0) is 30.5 Å². The Hall–Kier alpha value is -1.13. The second-order valence-electron chi connectivity index (χ2n) is 7.05. The van der Waals surface area contributed by atoms with Crippen molar-refractivity contribution in [1.82, 2.24) is 15.2 Å². The lowest BCUT2D eigenvalue weighted by molar-refractivity contribution is 0.146. The maximum atomic E-state index is 5.43. The van der Waals surface area contributed by atoms with Crippen molar-refractivity contribution in [2.45, 2.75) is 52.0 Å². The van der Waals surface area contributed by atoms with Crippen LogP contribution in [0.4, 0.5) is 0 Å². The van der Waals surface area contributed by atoms with Crippen LogP contribution in [0.25, 0.3) is 0 Å². The Balaban J connectivity index is 0.00000300. The Morgan fingerprint density at radius 2 is 2.24 bits per heavy atom. The first-order valence-electron chi connectivity index (χ1n) is 10.3. The lowest BCUT2D eigenvalue weighted by Crippen LogP contribution is -2.39. The number of ether oxygens (including phenoxy) is 1. The van der Waals surface area contributed by atoms with E-state index in [1.54, 1.807) is 6.26 Å². The minimum atomic E-state index is 0. The van der Waals surface area contributed by atoms with Gasteiger partial charge >= 0.3 is 0 Å². The first-order valence-corrected chi connectivity index (χ1v) is 11.1. The van der Waals surface area contributed by atoms with E-state index in [4.69, 9.17) is 19.1 Å². The Morgan fingerprint density at radius 3 is 3.00 bits per heavy atom. The van der Waals surface area contributed by atoms with Gasteiger partial charge in [0.05, 0.1) is 18.5 Å². The minimum Gasteiger partial charge on any atom is -0.469 e. The number of thiazole rings is 1. The summed E-state index contributed by atoms with van der Waals surface area (Å²) in [5.74, 6) is 1.90. The van der Waals surface area contributed by atoms with E-state index in [0.717, 1.165) is 63.8 Å². The summed E-state index contributed by atoms with van der Waals surface area (Å²) in [6.07, 6.45) is 8.37. The largest absolute Gasteiger partial charge is 0.469 e. The molecular formula is C21H33IN4O2S. The van der Waals surface area contributed by atoms with Gasteiger partial charge < -0.3 is 19.4 Å². The van der Waals surface area contributed by atoms with Crippen molar-refractivity contribution >= 4 is 41.3 Å². The van der Waals surface area contributed by atoms with Crippen LogP contribution in [0.5, 0.6) is 0 Å². The standard InChI is InChI=1S/C21H32N4O2S.HI/c1-3-26-14-7-12-22-21(23-13-11-17-8-6-15-27-17)25(2)16-20-24-18-9-4-5-10-19(18)28-20;/h6,8,15H,3-5,7,9-14,16H2,1-2H3,(H,22,23);1H. The number of guanidine groups is 1. The van der Waals surface area contributed by atoms with E-state index < -0.39 is 0 Å². The number of nitrogens with zero attached hydrogens (tertiary/aromatic N) is 3. The monoisotopic (exact) mass is 532 g/mol. The highest BCUT2D eigenvalue weighted by atomic mass is 127. The van der Waals surface area contributed by atoms with Crippen LogP contribution < -0.4 is 5.32 Å². The Bertz CT molecular complexity index is 710. The maximum Gasteiger partial charge on any atom is 0.194 e. The molecule has 0 radical (unpaired) electrons. The zero-order valence-corrected chi connectivity index (χ0v) is 20.6. The van der Waals surface area contributed by atoms with Gasteiger partial charge in [-0.3, -0.25) is 4.99 Å². The molecule has 0 atom stereocenters. The number of nitrogens with one attached hydrogen (secondary N) is 1. The van der Waals surface area contributed by atoms with Gasteiger partial charge in [0.25, 0.3) is 0 Å². The second-order valence-corrected chi connectivity index (χ2v) is 8.22. The topological polar surface area (TPSA) is 62.9 Å². The SMILES string of the molecule is CCOCCCN=C(NCCc1ccco1)N(C)Cc1nc2c(s1)CCCC2.I. The highest BCUT2D eigenvalue weighted by molar-refractivity contribution is 14.0. The van der Waals surface area contributed by atoms with Crippen molar-refractivity contribution < 1.29 is 9.15 Å². The number of halogens is 1. The zero-order chi connectivity index (χ0) is 19.6. The summed E-state index contributed by atoms with van der Waals surface area (Å²) < 4.78 is 10.8. The van der Waals surface area contributed by atoms with Gasteiger partial charge in [0.15, 0.2) is 5.96 Å². The summed E-state index contributed by atoms with van der Waals surface area (Å²) in [6, 6.07) is 3.93. The fourth-order valence-electron chi connectivity index (χ4n) is 3.31. The van der Waals surface area contributed by atoms with E-state index >= 15 is 0 Å². The van der Waals surface area contributed by atoms with E-state index in [1.165, 1.54) is 34.8 Å². The molecule has 3 rings (SSSR count). The molecule has 0 aliphatic heterocycles. The molecule has 0 fully saturated rings. The molecule has 1 aliphatic rings. The molecule has 0 saturated carbocycles. The fourth-order valence-corrected chi connectivity index (χ4v) is 4.52. The summed E-state index contributed by atoms with van der Waals surface area (Å²) in [5, 5.41) is 4.67. The van der Waals surface area contributed by atoms with Gasteiger partial charge in [-0.25, -0.2) is 4.98 Å². The molecule has 162 valence electrons. The van der Waals surface area contributed by atoms with Crippen molar-refractivity contribution in [2.24, 2.45) is 4.99 Å². The van der Waals surface area contributed by atoms with Crippen LogP contribution in [0.3, 0.4) is 0 Å². The molecular weight excluding hydrogens is 499 g/mol. The number of rotatable bonds is 10. The summed E-state index contributed by atoms with van der Waals surface area (Å²) in [4.78, 5) is 13.3. The average molecular weight is 532 g/mol. The van der Waals surface area contributed by atoms with Crippen molar-refractivity contribution in [1.29, 1.82) is 0 Å². The van der Waals surface area contributed by atoms with E-state index in [1.807, 2.05) is 30.4 Å². The number of fused-ring (bicyclic) bond motifs is 1. The molecule has 0 bridgehead atoms. The van der Waals surface area contributed by atoms with Gasteiger partial charge in [0, 0.05) is 44.6 Å². The Labute approximate surface area is 195 Å². The number of aryl methyl sites for hydroxylation is 2. The van der Waals surface area contributed by atoms with E-state index in [2.05, 4.69) is 17.3 Å². The fraction of sp³-hybridized carbons (Fsp3) is 0.619. The summed E-state index contributed by atoms with van der Waals surface area (Å²) in [6.45, 7) is 5.86. The van der Waals surface area contributed by atoms with Crippen molar-refractivity contribution in [3.63, 3.8) is 0 Å². The van der Waals surface area contributed by atoms with Crippen molar-refractivity contribution in [3.8, 4) is 0 Å². The third kappa shape index (κ3) is 7.90. The van der Waals surface area contributed by atoms with E-state index in [0.29, 0.717) is 0 Å². The molecule has 0 spiro atoms. The summed E-state index contributed by atoms with van der Waals surface area (Å²) in [5.41, 5.74) is 1.32. The molecule has 29 heavy (non-hydrogen) atoms. The minimum absolute atomic E-state index is 0. The Morgan fingerprint density at radius 1 is 1.38 bits per heavy atom. The highest BCUT2D eigenvalue weighted by Gasteiger charge is 2.17. The van der Waals surface area contributed by atoms with Crippen molar-refractivity contribution in [2.75, 3.05) is 33.4 Å². The molecule has 2 aromatic rings. The van der Waals surface area contributed by atoms with Crippen LogP contribution in [0.2, 0.25) is 0 Å². The van der Waals surface area contributed by atoms with Crippen LogP contribution >= 0.6 is 35.3 Å². The van der Waals surface area contributed by atoms with Crippen molar-refractivity contribution in [3.05, 3.63) is 39.7 Å². The van der Waals surface area contributed by atoms with Gasteiger partial charge in [-0.15, -0.1) is 35.3 Å². The molecule has 1 N–H and O–H groups in total. The molecule has 6 nitrogen and oxygen atoms in total. The third-order valence-electron chi connectivity index (χ3n) is 4.77. The lowest BCUT2D eigenvalue weighted by Gasteiger charge is -2.21. The highest BCUT2D eigenvalue weighted by Crippen LogP contribution is 2.27. The summed E-state index contributed by atoms with van der Waals surface area (Å²) >= 11 is 1.87. The van der Waals surface area contributed by atoms with Crippen LogP contribution in [0.15, 0.2) is 27.8 Å². The van der Waals surface area contributed by atoms with Crippen LogP contribution in [0, 0.1) is 0 Å². The molecule has 0 saturated heterocycles. The smallest absolute Gasteiger partial charge is 0.194 e. The van der Waals surface area contributed by atoms with Gasteiger partial charge in [-0.05, 0) is 51.2 Å². The van der Waals surface area contributed by atoms with Gasteiger partial charge in [-0.2, -0.15) is 0 Å². The normalized spacial score (nSPS) is 13.7. The molecule has 0 unspecified atom stereocenters. The molecule has 8 heteroatoms. The number of aliphatic imine (C=N–C) groups is 1. The maximum absolute atomic E-state index is 5.43. The quantitative estimate of drug-likeness (QED) is 0.214. The Kier molecular flexibility index (Phi) is 11.0. The van der Waals surface area contributed by atoms with Gasteiger partial charge in [0.2, 0.25) is 0 Å². The molecule has 0 amide bonds. The summed E-state index contributed by atoms with van der Waals surface area (Å²) in [7, 11) is 2.08. The molecule has 0 aromatic carbocycles. The first kappa shape index (κ1) is 24.1. The predicted octanol–water partition coefficient (Wildman–Crippen LogP) is 4.28. The predicted molar refractivity (Wildman–Crippen MR) is 129 cm³/mol. The number of hydrogen-bond acceptors (Lipinski definition) is 5. The van der Waals surface area contributed by atoms with Crippen LogP contribution in [-0.4, -0.2) is 49.2 Å². The van der Waals surface area contributed by atoms with E-state index in [-0.39, 0.29) is 24.0 Å². The number of aromatic nitrogens is 1. The number of hydrogen-bond donors (Lipinski definition) is 1. The third-order valence-corrected chi connectivity index (χ3v) is 5.91. The molecule has 2 aromatic heterocycles. The van der Waals surface area contributed by atoms with Crippen LogP contribution in [0.1, 0.15) is 47.5 Å².